The molecular formula is C35H33ClFNO4. The van der Waals surface area contributed by atoms with E-state index in [2.05, 4.69) is 17.0 Å². The third-order valence-corrected chi connectivity index (χ3v) is 8.72. The highest BCUT2D eigenvalue weighted by Gasteiger charge is 2.43. The minimum atomic E-state index is -0.499. The van der Waals surface area contributed by atoms with Gasteiger partial charge in [0, 0.05) is 47.8 Å². The van der Waals surface area contributed by atoms with Crippen LogP contribution in [0.5, 0.6) is 11.5 Å². The molecule has 1 aliphatic heterocycles. The number of ketones is 2. The molecule has 1 heterocycles. The normalized spacial score (nSPS) is 17.4. The molecule has 0 unspecified atom stereocenters. The van der Waals surface area contributed by atoms with Crippen LogP contribution in [0, 0.1) is 5.82 Å². The van der Waals surface area contributed by atoms with Crippen LogP contribution < -0.4 is 9.47 Å². The van der Waals surface area contributed by atoms with Crippen molar-refractivity contribution in [2.75, 3.05) is 13.7 Å². The third kappa shape index (κ3) is 5.48. The van der Waals surface area contributed by atoms with Gasteiger partial charge in [0.1, 0.15) is 12.4 Å². The number of rotatable bonds is 8. The summed E-state index contributed by atoms with van der Waals surface area (Å²) in [5.41, 5.74) is 6.24. The van der Waals surface area contributed by atoms with Crippen LogP contribution in [0.15, 0.2) is 89.3 Å². The van der Waals surface area contributed by atoms with E-state index in [0.29, 0.717) is 40.5 Å². The lowest BCUT2D eigenvalue weighted by Gasteiger charge is -2.44. The van der Waals surface area contributed by atoms with Gasteiger partial charge < -0.3 is 14.4 Å². The van der Waals surface area contributed by atoms with Crippen LogP contribution in [0.25, 0.3) is 0 Å². The lowest BCUT2D eigenvalue weighted by atomic mass is 9.71. The smallest absolute Gasteiger partial charge is 0.180 e. The second-order valence-electron chi connectivity index (χ2n) is 11.0. The monoisotopic (exact) mass is 585 g/mol. The van der Waals surface area contributed by atoms with Crippen molar-refractivity contribution in [3.8, 4) is 11.5 Å². The minimum absolute atomic E-state index is 0.0858. The number of hydrogen-bond donors (Lipinski definition) is 0. The van der Waals surface area contributed by atoms with Crippen molar-refractivity contribution >= 4 is 23.2 Å². The first-order chi connectivity index (χ1) is 20.4. The van der Waals surface area contributed by atoms with E-state index in [-0.39, 0.29) is 24.0 Å². The molecule has 0 amide bonds. The molecule has 0 saturated heterocycles. The zero-order valence-electron chi connectivity index (χ0n) is 23.6. The van der Waals surface area contributed by atoms with Gasteiger partial charge in [0.15, 0.2) is 23.1 Å². The molecule has 0 atom stereocenters. The van der Waals surface area contributed by atoms with Gasteiger partial charge in [0.2, 0.25) is 0 Å². The average molecular weight is 586 g/mol. The molecule has 0 saturated carbocycles. The lowest BCUT2D eigenvalue weighted by Crippen LogP contribution is -2.40. The van der Waals surface area contributed by atoms with Gasteiger partial charge in [-0.2, -0.15) is 0 Å². The first-order valence-electron chi connectivity index (χ1n) is 14.5. The van der Waals surface area contributed by atoms with E-state index < -0.39 is 5.92 Å². The summed E-state index contributed by atoms with van der Waals surface area (Å²) >= 11 is 6.82. The molecule has 2 aliphatic carbocycles. The van der Waals surface area contributed by atoms with Crippen LogP contribution >= 0.6 is 11.6 Å². The van der Waals surface area contributed by atoms with Crippen molar-refractivity contribution < 1.29 is 23.5 Å². The van der Waals surface area contributed by atoms with Gasteiger partial charge in [-0.1, -0.05) is 54.1 Å². The molecule has 6 rings (SSSR count). The molecule has 0 radical (unpaired) electrons. The van der Waals surface area contributed by atoms with E-state index in [4.69, 9.17) is 21.1 Å². The topological polar surface area (TPSA) is 55.8 Å². The number of Topliss-reactive ketones (excluding diaryl/α,β-unsaturated/α-hetero) is 2. The molecule has 0 N–H and O–H groups in total. The average Bonchev–Trinajstić information content (AvgIpc) is 3.00. The number of carbonyl (C=O) groups excluding carboxylic acids is 2. The van der Waals surface area contributed by atoms with Crippen molar-refractivity contribution in [2.45, 2.75) is 57.5 Å². The summed E-state index contributed by atoms with van der Waals surface area (Å²) in [6, 6.07) is 20.0. The van der Waals surface area contributed by atoms with Gasteiger partial charge in [0.05, 0.1) is 12.1 Å². The van der Waals surface area contributed by atoms with Gasteiger partial charge in [-0.05, 0) is 73.1 Å². The first-order valence-corrected chi connectivity index (χ1v) is 14.9. The summed E-state index contributed by atoms with van der Waals surface area (Å²) < 4.78 is 25.1. The van der Waals surface area contributed by atoms with Crippen LogP contribution in [0.2, 0.25) is 5.02 Å². The largest absolute Gasteiger partial charge is 0.493 e. The Hall–Kier alpha value is -3.90. The predicted molar refractivity (Wildman–Crippen MR) is 160 cm³/mol. The van der Waals surface area contributed by atoms with Crippen molar-refractivity contribution in [3.05, 3.63) is 117 Å². The fourth-order valence-corrected chi connectivity index (χ4v) is 6.76. The summed E-state index contributed by atoms with van der Waals surface area (Å²) in [6.45, 7) is 0.895. The molecule has 3 aliphatic rings. The van der Waals surface area contributed by atoms with Crippen LogP contribution in [0.1, 0.15) is 61.1 Å². The number of methoxy groups -OCH3 is 1. The predicted octanol–water partition coefficient (Wildman–Crippen LogP) is 7.72. The molecule has 5 nitrogen and oxygen atoms in total. The van der Waals surface area contributed by atoms with Gasteiger partial charge in [-0.15, -0.1) is 0 Å². The third-order valence-electron chi connectivity index (χ3n) is 8.43. The number of nitrogens with zero attached hydrogens (tertiary/aromatic N) is 1. The van der Waals surface area contributed by atoms with Crippen LogP contribution in [-0.2, 0) is 22.6 Å². The number of halogens is 2. The molecule has 0 spiro atoms. The van der Waals surface area contributed by atoms with E-state index in [1.54, 1.807) is 25.3 Å². The molecule has 0 aromatic heterocycles. The highest BCUT2D eigenvalue weighted by molar-refractivity contribution is 6.32. The molecule has 7 heteroatoms. The Kier molecular flexibility index (Phi) is 8.16. The Bertz CT molecular complexity index is 1530. The second-order valence-corrected chi connectivity index (χ2v) is 11.5. The number of carbonyl (C=O) groups is 2. The fraction of sp³-hybridized carbons (Fsp3) is 0.314. The zero-order chi connectivity index (χ0) is 29.2. The molecule has 0 fully saturated rings. The van der Waals surface area contributed by atoms with Gasteiger partial charge >= 0.3 is 0 Å². The van der Waals surface area contributed by atoms with Gasteiger partial charge in [-0.3, -0.25) is 9.59 Å². The maximum Gasteiger partial charge on any atom is 0.180 e. The molecule has 42 heavy (non-hydrogen) atoms. The van der Waals surface area contributed by atoms with E-state index in [9.17, 15) is 14.0 Å². The Labute approximate surface area is 250 Å². The SMILES string of the molecule is COc1cc(C2C3=C(CCCC3=O)N(CCc3ccccc3)C3=C2C(=O)CCC3)cc(Cl)c1OCc1ccc(F)cc1. The van der Waals surface area contributed by atoms with Crippen molar-refractivity contribution in [1.82, 2.24) is 4.90 Å². The Balaban J connectivity index is 1.40. The molecule has 3 aromatic carbocycles. The van der Waals surface area contributed by atoms with Crippen LogP contribution in [0.4, 0.5) is 4.39 Å². The standard InChI is InChI=1S/C35H33ClFNO4/c1-41-31-20-24(19-26(36)35(31)42-21-23-13-15-25(37)16-14-23)32-33-27(9-5-11-29(33)39)38(18-17-22-7-3-2-4-8-22)28-10-6-12-30(40)34(28)32/h2-4,7-8,13-16,19-20,32H,5-6,9-12,17-18,21H2,1H3. The molecule has 3 aromatic rings. The zero-order valence-corrected chi connectivity index (χ0v) is 24.4. The summed E-state index contributed by atoms with van der Waals surface area (Å²) in [6.07, 6.45) is 4.92. The number of hydrogen-bond acceptors (Lipinski definition) is 5. The summed E-state index contributed by atoms with van der Waals surface area (Å²) in [5.74, 6) is 0.135. The maximum atomic E-state index is 13.7. The first kappa shape index (κ1) is 28.2. The van der Waals surface area contributed by atoms with Crippen molar-refractivity contribution in [3.63, 3.8) is 0 Å². The van der Waals surface area contributed by atoms with E-state index in [1.807, 2.05) is 24.3 Å². The summed E-state index contributed by atoms with van der Waals surface area (Å²) in [7, 11) is 1.54. The summed E-state index contributed by atoms with van der Waals surface area (Å²) in [5, 5.41) is 0.328. The second kappa shape index (κ2) is 12.1. The molecule has 0 bridgehead atoms. The van der Waals surface area contributed by atoms with Crippen molar-refractivity contribution in [2.24, 2.45) is 0 Å². The van der Waals surface area contributed by atoms with E-state index in [0.717, 1.165) is 61.2 Å². The fourth-order valence-electron chi connectivity index (χ4n) is 6.49. The van der Waals surface area contributed by atoms with E-state index in [1.165, 1.54) is 17.7 Å². The Morgan fingerprint density at radius 2 is 1.50 bits per heavy atom. The number of allylic oxidation sites excluding steroid dienone is 4. The highest BCUT2D eigenvalue weighted by Crippen LogP contribution is 2.51. The minimum Gasteiger partial charge on any atom is -0.493 e. The van der Waals surface area contributed by atoms with Crippen LogP contribution in [0.3, 0.4) is 0 Å². The highest BCUT2D eigenvalue weighted by atomic mass is 35.5. The van der Waals surface area contributed by atoms with Gasteiger partial charge in [0.25, 0.3) is 0 Å². The lowest BCUT2D eigenvalue weighted by molar-refractivity contribution is -0.117. The Morgan fingerprint density at radius 1 is 0.857 bits per heavy atom. The van der Waals surface area contributed by atoms with E-state index >= 15 is 0 Å². The van der Waals surface area contributed by atoms with Crippen LogP contribution in [-0.4, -0.2) is 30.1 Å². The summed E-state index contributed by atoms with van der Waals surface area (Å²) in [4.78, 5) is 29.6. The van der Waals surface area contributed by atoms with Gasteiger partial charge in [-0.25, -0.2) is 4.39 Å². The Morgan fingerprint density at radius 3 is 2.12 bits per heavy atom. The molecular weight excluding hydrogens is 553 g/mol. The quantitative estimate of drug-likeness (QED) is 0.271. The molecule has 216 valence electrons. The number of benzene rings is 3. The van der Waals surface area contributed by atoms with Crippen molar-refractivity contribution in [1.29, 1.82) is 0 Å². The number of ether oxygens (including phenoxy) is 2. The maximum absolute atomic E-state index is 13.7.